The Morgan fingerprint density at radius 1 is 1.07 bits per heavy atom. The van der Waals surface area contributed by atoms with E-state index in [1.807, 2.05) is 22.8 Å². The number of benzene rings is 1. The van der Waals surface area contributed by atoms with Gasteiger partial charge in [-0.2, -0.15) is 0 Å². The van der Waals surface area contributed by atoms with Crippen molar-refractivity contribution in [1.29, 1.82) is 0 Å². The van der Waals surface area contributed by atoms with Gasteiger partial charge >= 0.3 is 0 Å². The van der Waals surface area contributed by atoms with Crippen LogP contribution in [0.3, 0.4) is 0 Å². The molecule has 0 aromatic heterocycles. The zero-order chi connectivity index (χ0) is 21.0. The van der Waals surface area contributed by atoms with Crippen LogP contribution in [0.4, 0.5) is 5.82 Å². The maximum absolute atomic E-state index is 6.40. The second-order valence-corrected chi connectivity index (χ2v) is 10.2. The summed E-state index contributed by atoms with van der Waals surface area (Å²) in [4.78, 5) is 14.3. The Bertz CT molecular complexity index is 1020. The predicted octanol–water partition coefficient (Wildman–Crippen LogP) is 5.89. The van der Waals surface area contributed by atoms with Gasteiger partial charge in [0.25, 0.3) is 0 Å². The van der Waals surface area contributed by atoms with Gasteiger partial charge in [0.2, 0.25) is 0 Å². The van der Waals surface area contributed by atoms with Crippen molar-refractivity contribution in [2.75, 3.05) is 5.73 Å². The van der Waals surface area contributed by atoms with E-state index in [1.54, 1.807) is 6.33 Å². The van der Waals surface area contributed by atoms with Gasteiger partial charge in [0.05, 0.1) is 12.9 Å². The normalized spacial score (nSPS) is 28.7. The number of aromatic nitrogens is 4. The largest absolute Gasteiger partial charge is 0.382 e. The Hall–Kier alpha value is -1.85. The van der Waals surface area contributed by atoms with E-state index >= 15 is 0 Å². The lowest BCUT2D eigenvalue weighted by molar-refractivity contribution is 0.0821. The topological polar surface area (TPSA) is 69.6 Å². The lowest BCUT2D eigenvalue weighted by Gasteiger charge is -2.45. The molecule has 2 heterocycles. The predicted molar refractivity (Wildman–Crippen MR) is 121 cm³/mol. The van der Waals surface area contributed by atoms with Crippen LogP contribution in [0.2, 0.25) is 10.0 Å². The standard InChI is InChI=1S/C23H27Cl2N5/c1-12-6-14-8-13(2)19(15(7-12)9-14)22-28-20-21(26)27-11-30(23(20)29-22)10-16-17(24)4-3-5-18(16)25/h3-5,11-15,19H,6-10,26H2,1-2H3. The lowest BCUT2D eigenvalue weighted by atomic mass is 9.60. The third-order valence-electron chi connectivity index (χ3n) is 7.10. The minimum absolute atomic E-state index is 0.383. The SMILES string of the molecule is CC1CC2CC(C)C(c3nc4c(N)ncn(Cc5c(Cl)cccc5Cl)c-4n3)C(C1)C2. The van der Waals surface area contributed by atoms with Crippen molar-refractivity contribution < 1.29 is 0 Å². The van der Waals surface area contributed by atoms with Gasteiger partial charge in [0.15, 0.2) is 17.3 Å². The molecule has 1 aromatic carbocycles. The molecule has 2 aliphatic carbocycles. The molecule has 158 valence electrons. The fourth-order valence-corrected chi connectivity index (χ4v) is 6.50. The van der Waals surface area contributed by atoms with Crippen molar-refractivity contribution in [3.05, 3.63) is 46.0 Å². The van der Waals surface area contributed by atoms with E-state index < -0.39 is 0 Å². The maximum atomic E-state index is 6.40. The van der Waals surface area contributed by atoms with Crippen LogP contribution in [0.25, 0.3) is 11.5 Å². The van der Waals surface area contributed by atoms with Gasteiger partial charge in [-0.05, 0) is 61.5 Å². The summed E-state index contributed by atoms with van der Waals surface area (Å²) in [6.07, 6.45) is 6.90. The summed E-state index contributed by atoms with van der Waals surface area (Å²) in [6.45, 7) is 5.22. The van der Waals surface area contributed by atoms with E-state index in [1.165, 1.54) is 25.7 Å². The quantitative estimate of drug-likeness (QED) is 0.547. The Morgan fingerprint density at radius 2 is 1.83 bits per heavy atom. The first-order chi connectivity index (χ1) is 14.4. The first kappa shape index (κ1) is 20.1. The number of fused-ring (bicyclic) bond motifs is 3. The van der Waals surface area contributed by atoms with E-state index in [4.69, 9.17) is 38.9 Å². The molecule has 7 heteroatoms. The van der Waals surface area contributed by atoms with Gasteiger partial charge in [-0.25, -0.2) is 15.0 Å². The van der Waals surface area contributed by atoms with Crippen molar-refractivity contribution in [2.24, 2.45) is 23.7 Å². The number of halogens is 2. The molecule has 0 amide bonds. The van der Waals surface area contributed by atoms with Crippen LogP contribution in [0, 0.1) is 23.7 Å². The van der Waals surface area contributed by atoms with Crippen LogP contribution in [0.1, 0.15) is 56.8 Å². The van der Waals surface area contributed by atoms with Crippen LogP contribution >= 0.6 is 23.2 Å². The van der Waals surface area contributed by atoms with Gasteiger partial charge in [-0.1, -0.05) is 43.1 Å². The number of imidazole rings is 1. The van der Waals surface area contributed by atoms with Crippen LogP contribution in [0.5, 0.6) is 0 Å². The molecule has 2 saturated carbocycles. The van der Waals surface area contributed by atoms with Crippen LogP contribution in [0.15, 0.2) is 24.5 Å². The summed E-state index contributed by atoms with van der Waals surface area (Å²) >= 11 is 12.8. The highest BCUT2D eigenvalue weighted by atomic mass is 35.5. The van der Waals surface area contributed by atoms with Gasteiger partial charge in [0, 0.05) is 21.5 Å². The molecule has 5 nitrogen and oxygen atoms in total. The van der Waals surface area contributed by atoms with Crippen molar-refractivity contribution in [3.63, 3.8) is 0 Å². The fourth-order valence-electron chi connectivity index (χ4n) is 5.98. The molecular formula is C23H27Cl2N5. The monoisotopic (exact) mass is 443 g/mol. The molecule has 2 aliphatic heterocycles. The molecule has 4 aliphatic rings. The minimum atomic E-state index is 0.383. The Balaban J connectivity index is 1.55. The first-order valence-electron chi connectivity index (χ1n) is 10.8. The molecule has 2 fully saturated rings. The highest BCUT2D eigenvalue weighted by molar-refractivity contribution is 6.35. The van der Waals surface area contributed by atoms with Gasteiger partial charge < -0.3 is 10.3 Å². The number of rotatable bonds is 3. The molecule has 2 bridgehead atoms. The van der Waals surface area contributed by atoms with Crippen LogP contribution in [-0.4, -0.2) is 19.5 Å². The molecule has 0 radical (unpaired) electrons. The molecule has 5 unspecified atom stereocenters. The van der Waals surface area contributed by atoms with Crippen molar-refractivity contribution in [3.8, 4) is 11.5 Å². The van der Waals surface area contributed by atoms with Crippen molar-refractivity contribution in [2.45, 2.75) is 52.0 Å². The Kier molecular flexibility index (Phi) is 5.14. The second-order valence-electron chi connectivity index (χ2n) is 9.39. The smallest absolute Gasteiger partial charge is 0.166 e. The third-order valence-corrected chi connectivity index (χ3v) is 7.81. The summed E-state index contributed by atoms with van der Waals surface area (Å²) in [5.74, 6) is 5.36. The summed E-state index contributed by atoms with van der Waals surface area (Å²) in [6, 6.07) is 5.54. The van der Waals surface area contributed by atoms with E-state index in [0.29, 0.717) is 45.9 Å². The van der Waals surface area contributed by atoms with Crippen LogP contribution < -0.4 is 5.73 Å². The zero-order valence-corrected chi connectivity index (χ0v) is 18.9. The van der Waals surface area contributed by atoms with E-state index in [2.05, 4.69) is 18.8 Å². The number of nitrogens with zero attached hydrogens (tertiary/aromatic N) is 4. The molecule has 2 N–H and O–H groups in total. The highest BCUT2D eigenvalue weighted by Gasteiger charge is 2.42. The number of nitrogens with two attached hydrogens (primary N) is 1. The van der Waals surface area contributed by atoms with Gasteiger partial charge in [0.1, 0.15) is 5.82 Å². The average molecular weight is 444 g/mol. The minimum Gasteiger partial charge on any atom is -0.382 e. The van der Waals surface area contributed by atoms with E-state index in [9.17, 15) is 0 Å². The number of hydrogen-bond donors (Lipinski definition) is 1. The summed E-state index contributed by atoms with van der Waals surface area (Å²) < 4.78 is 1.95. The first-order valence-corrected chi connectivity index (χ1v) is 11.6. The Labute approximate surface area is 187 Å². The van der Waals surface area contributed by atoms with Crippen molar-refractivity contribution in [1.82, 2.24) is 19.5 Å². The lowest BCUT2D eigenvalue weighted by Crippen LogP contribution is -2.36. The fraction of sp³-hybridized carbons (Fsp3) is 0.522. The summed E-state index contributed by atoms with van der Waals surface area (Å²) in [5, 5.41) is 1.26. The molecule has 1 aromatic rings. The number of anilines is 1. The third kappa shape index (κ3) is 3.46. The molecule has 30 heavy (non-hydrogen) atoms. The zero-order valence-electron chi connectivity index (χ0n) is 17.4. The molecular weight excluding hydrogens is 417 g/mol. The molecule has 5 rings (SSSR count). The maximum Gasteiger partial charge on any atom is 0.166 e. The molecule has 0 spiro atoms. The van der Waals surface area contributed by atoms with Crippen LogP contribution in [-0.2, 0) is 6.54 Å². The second kappa shape index (κ2) is 7.69. The summed E-state index contributed by atoms with van der Waals surface area (Å²) in [5.41, 5.74) is 7.72. The number of hydrogen-bond acceptors (Lipinski definition) is 4. The van der Waals surface area contributed by atoms with Crippen molar-refractivity contribution >= 4 is 29.0 Å². The summed E-state index contributed by atoms with van der Waals surface area (Å²) in [7, 11) is 0. The number of nitrogen functional groups attached to an aromatic ring is 1. The molecule has 5 atom stereocenters. The Morgan fingerprint density at radius 3 is 2.60 bits per heavy atom. The highest BCUT2D eigenvalue weighted by Crippen LogP contribution is 2.51. The van der Waals surface area contributed by atoms with E-state index in [-0.39, 0.29) is 0 Å². The van der Waals surface area contributed by atoms with E-state index in [0.717, 1.165) is 29.0 Å². The van der Waals surface area contributed by atoms with Gasteiger partial charge in [-0.3, -0.25) is 0 Å². The van der Waals surface area contributed by atoms with Gasteiger partial charge in [-0.15, -0.1) is 0 Å². The molecule has 0 saturated heterocycles. The average Bonchev–Trinajstić information content (AvgIpc) is 3.11.